The second kappa shape index (κ2) is 4.96. The first-order valence-corrected chi connectivity index (χ1v) is 4.29. The van der Waals surface area contributed by atoms with E-state index in [1.54, 1.807) is 0 Å². The second-order valence-corrected chi connectivity index (χ2v) is 3.01. The fourth-order valence-electron chi connectivity index (χ4n) is 0.945. The molecule has 0 saturated carbocycles. The molecule has 86 valence electrons. The summed E-state index contributed by atoms with van der Waals surface area (Å²) in [5, 5.41) is 17.0. The number of aliphatic hydroxyl groups is 1. The second-order valence-electron chi connectivity index (χ2n) is 3.01. The minimum Gasteiger partial charge on any atom is -0.361 e. The average molecular weight is 231 g/mol. The van der Waals surface area contributed by atoms with E-state index < -0.39 is 12.5 Å². The van der Waals surface area contributed by atoms with Crippen LogP contribution >= 0.6 is 0 Å². The Kier molecular flexibility index (Phi) is 3.88. The zero-order valence-corrected chi connectivity index (χ0v) is 8.03. The molecule has 0 aliphatic carbocycles. The van der Waals surface area contributed by atoms with Crippen LogP contribution in [0.2, 0.25) is 0 Å². The van der Waals surface area contributed by atoms with Gasteiger partial charge in [0.05, 0.1) is 18.2 Å². The van der Waals surface area contributed by atoms with E-state index in [0.29, 0.717) is 11.1 Å². The van der Waals surface area contributed by atoms with Gasteiger partial charge in [0.1, 0.15) is 0 Å². The fraction of sp³-hybridized carbons (Fsp3) is 0.300. The van der Waals surface area contributed by atoms with Crippen molar-refractivity contribution in [1.29, 1.82) is 5.26 Å². The largest absolute Gasteiger partial charge is 0.439 e. The van der Waals surface area contributed by atoms with Crippen molar-refractivity contribution >= 4 is 0 Å². The van der Waals surface area contributed by atoms with Crippen LogP contribution in [0.3, 0.4) is 0 Å². The number of ether oxygens (including phenoxy) is 1. The summed E-state index contributed by atoms with van der Waals surface area (Å²) in [7, 11) is 0. The standard InChI is InChI=1S/C10H8F3NO2/c11-10(12,13)9(15)16-6-8-3-1-7(5-14)2-4-8/h1-4,9,15H,6H2. The molecule has 1 rings (SSSR count). The van der Waals surface area contributed by atoms with Gasteiger partial charge < -0.3 is 9.84 Å². The molecule has 1 atom stereocenters. The zero-order chi connectivity index (χ0) is 12.2. The van der Waals surface area contributed by atoms with Crippen molar-refractivity contribution in [2.45, 2.75) is 19.1 Å². The minimum atomic E-state index is -4.79. The quantitative estimate of drug-likeness (QED) is 0.809. The molecule has 3 nitrogen and oxygen atoms in total. The van der Waals surface area contributed by atoms with Crippen molar-refractivity contribution in [3.63, 3.8) is 0 Å². The number of nitriles is 1. The first-order chi connectivity index (χ1) is 7.43. The van der Waals surface area contributed by atoms with Crippen molar-refractivity contribution in [2.24, 2.45) is 0 Å². The summed E-state index contributed by atoms with van der Waals surface area (Å²) in [5.74, 6) is 0. The molecular formula is C10H8F3NO2. The molecule has 0 fully saturated rings. The number of benzene rings is 1. The fourth-order valence-corrected chi connectivity index (χ4v) is 0.945. The van der Waals surface area contributed by atoms with Gasteiger partial charge in [-0.2, -0.15) is 18.4 Å². The molecule has 16 heavy (non-hydrogen) atoms. The van der Waals surface area contributed by atoms with E-state index in [1.165, 1.54) is 24.3 Å². The number of hydrogen-bond acceptors (Lipinski definition) is 3. The summed E-state index contributed by atoms with van der Waals surface area (Å²) in [6.07, 6.45) is -7.57. The van der Waals surface area contributed by atoms with Crippen LogP contribution in [0.1, 0.15) is 11.1 Å². The lowest BCUT2D eigenvalue weighted by Gasteiger charge is -2.14. The number of rotatable bonds is 3. The maximum absolute atomic E-state index is 11.9. The molecule has 1 aromatic rings. The smallest absolute Gasteiger partial charge is 0.361 e. The Hall–Kier alpha value is -1.58. The Bertz CT molecular complexity index is 381. The van der Waals surface area contributed by atoms with E-state index in [4.69, 9.17) is 10.4 Å². The first-order valence-electron chi connectivity index (χ1n) is 4.29. The summed E-state index contributed by atoms with van der Waals surface area (Å²) >= 11 is 0. The third kappa shape index (κ3) is 3.53. The summed E-state index contributed by atoms with van der Waals surface area (Å²) in [6.45, 7) is -0.369. The number of alkyl halides is 3. The minimum absolute atomic E-state index is 0.369. The molecule has 0 heterocycles. The number of nitrogens with zero attached hydrogens (tertiary/aromatic N) is 1. The average Bonchev–Trinajstić information content (AvgIpc) is 2.25. The molecule has 0 amide bonds. The van der Waals surface area contributed by atoms with Crippen molar-refractivity contribution in [1.82, 2.24) is 0 Å². The van der Waals surface area contributed by atoms with E-state index in [2.05, 4.69) is 4.74 Å². The van der Waals surface area contributed by atoms with E-state index in [1.807, 2.05) is 6.07 Å². The molecule has 0 saturated heterocycles. The highest BCUT2D eigenvalue weighted by Gasteiger charge is 2.39. The van der Waals surface area contributed by atoms with Crippen LogP contribution in [0.25, 0.3) is 0 Å². The van der Waals surface area contributed by atoms with Crippen molar-refractivity contribution in [3.8, 4) is 6.07 Å². The number of hydrogen-bond donors (Lipinski definition) is 1. The predicted molar refractivity (Wildman–Crippen MR) is 48.0 cm³/mol. The van der Waals surface area contributed by atoms with Crippen LogP contribution in [0.15, 0.2) is 24.3 Å². The molecule has 0 spiro atoms. The molecule has 1 aromatic carbocycles. The van der Waals surface area contributed by atoms with Gasteiger partial charge in [-0.15, -0.1) is 0 Å². The highest BCUT2D eigenvalue weighted by Crippen LogP contribution is 2.21. The molecule has 0 aliphatic rings. The van der Waals surface area contributed by atoms with Gasteiger partial charge in [0.2, 0.25) is 0 Å². The Balaban J connectivity index is 2.53. The first kappa shape index (κ1) is 12.5. The Morgan fingerprint density at radius 2 is 1.88 bits per heavy atom. The van der Waals surface area contributed by atoms with E-state index >= 15 is 0 Å². The molecular weight excluding hydrogens is 223 g/mol. The SMILES string of the molecule is N#Cc1ccc(COC(O)C(F)(F)F)cc1. The normalized spacial score (nSPS) is 13.2. The Morgan fingerprint density at radius 3 is 2.31 bits per heavy atom. The lowest BCUT2D eigenvalue weighted by molar-refractivity contribution is -0.297. The van der Waals surface area contributed by atoms with Gasteiger partial charge >= 0.3 is 6.18 Å². The monoisotopic (exact) mass is 231 g/mol. The van der Waals surface area contributed by atoms with Crippen LogP contribution in [-0.2, 0) is 11.3 Å². The summed E-state index contributed by atoms with van der Waals surface area (Å²) in [5.41, 5.74) is 0.849. The summed E-state index contributed by atoms with van der Waals surface area (Å²) in [6, 6.07) is 7.71. The lowest BCUT2D eigenvalue weighted by Crippen LogP contribution is -2.31. The van der Waals surface area contributed by atoms with E-state index in [-0.39, 0.29) is 6.61 Å². The topological polar surface area (TPSA) is 53.2 Å². The molecule has 6 heteroatoms. The summed E-state index contributed by atoms with van der Waals surface area (Å²) in [4.78, 5) is 0. The van der Waals surface area contributed by atoms with Crippen molar-refractivity contribution in [3.05, 3.63) is 35.4 Å². The maximum Gasteiger partial charge on any atom is 0.439 e. The predicted octanol–water partition coefficient (Wildman–Crippen LogP) is 1.96. The van der Waals surface area contributed by atoms with Crippen molar-refractivity contribution < 1.29 is 23.0 Å². The van der Waals surface area contributed by atoms with Crippen LogP contribution in [0, 0.1) is 11.3 Å². The summed E-state index contributed by atoms with van der Waals surface area (Å²) < 4.78 is 39.8. The maximum atomic E-state index is 11.9. The van der Waals surface area contributed by atoms with Gasteiger partial charge in [0.25, 0.3) is 6.29 Å². The van der Waals surface area contributed by atoms with E-state index in [0.717, 1.165) is 0 Å². The van der Waals surface area contributed by atoms with Gasteiger partial charge in [-0.05, 0) is 17.7 Å². The number of halogens is 3. The lowest BCUT2D eigenvalue weighted by atomic mass is 10.2. The highest BCUT2D eigenvalue weighted by molar-refractivity contribution is 5.31. The van der Waals surface area contributed by atoms with Gasteiger partial charge in [0, 0.05) is 0 Å². The zero-order valence-electron chi connectivity index (χ0n) is 8.03. The van der Waals surface area contributed by atoms with Crippen LogP contribution in [0.4, 0.5) is 13.2 Å². The molecule has 0 bridgehead atoms. The van der Waals surface area contributed by atoms with Gasteiger partial charge in [-0.25, -0.2) is 0 Å². The van der Waals surface area contributed by atoms with Crippen molar-refractivity contribution in [2.75, 3.05) is 0 Å². The Labute approximate surface area is 89.7 Å². The number of aliphatic hydroxyl groups excluding tert-OH is 1. The highest BCUT2D eigenvalue weighted by atomic mass is 19.4. The Morgan fingerprint density at radius 1 is 1.31 bits per heavy atom. The van der Waals surface area contributed by atoms with Crippen LogP contribution in [-0.4, -0.2) is 17.6 Å². The molecule has 0 radical (unpaired) electrons. The molecule has 1 unspecified atom stereocenters. The molecule has 1 N–H and O–H groups in total. The van der Waals surface area contributed by atoms with Crippen LogP contribution in [0.5, 0.6) is 0 Å². The third-order valence-corrected chi connectivity index (χ3v) is 1.77. The van der Waals surface area contributed by atoms with E-state index in [9.17, 15) is 13.2 Å². The van der Waals surface area contributed by atoms with Gasteiger partial charge in [-0.1, -0.05) is 12.1 Å². The molecule has 0 aromatic heterocycles. The molecule has 0 aliphatic heterocycles. The van der Waals surface area contributed by atoms with Crippen LogP contribution < -0.4 is 0 Å². The van der Waals surface area contributed by atoms with Gasteiger partial charge in [0.15, 0.2) is 0 Å². The van der Waals surface area contributed by atoms with Gasteiger partial charge in [-0.3, -0.25) is 0 Å². The third-order valence-electron chi connectivity index (χ3n) is 1.77.